The van der Waals surface area contributed by atoms with Crippen molar-refractivity contribution >= 4 is 34.5 Å². The van der Waals surface area contributed by atoms with Gasteiger partial charge in [-0.25, -0.2) is 9.48 Å². The Balaban J connectivity index is 1.83. The molecule has 0 aliphatic carbocycles. The number of hydrogen-bond donors (Lipinski definition) is 2. The number of amides is 2. The van der Waals surface area contributed by atoms with Gasteiger partial charge in [-0.05, 0) is 74.4 Å². The van der Waals surface area contributed by atoms with Crippen LogP contribution in [0.25, 0.3) is 11.0 Å². The molecule has 39 heavy (non-hydrogen) atoms. The number of ether oxygens (including phenoxy) is 1. The lowest BCUT2D eigenvalue weighted by atomic mass is 9.98. The highest BCUT2D eigenvalue weighted by molar-refractivity contribution is 6.02. The zero-order valence-electron chi connectivity index (χ0n) is 22.3. The summed E-state index contributed by atoms with van der Waals surface area (Å²) in [6, 6.07) is 18.6. The van der Waals surface area contributed by atoms with Crippen molar-refractivity contribution in [3.8, 4) is 5.75 Å². The first-order chi connectivity index (χ1) is 18.6. The van der Waals surface area contributed by atoms with Gasteiger partial charge in [0.2, 0.25) is 11.8 Å². The quantitative estimate of drug-likeness (QED) is 0.314. The molecule has 0 aliphatic rings. The van der Waals surface area contributed by atoms with Gasteiger partial charge in [-0.3, -0.25) is 14.5 Å². The molecule has 10 heteroatoms. The van der Waals surface area contributed by atoms with E-state index >= 15 is 0 Å². The summed E-state index contributed by atoms with van der Waals surface area (Å²) in [4.78, 5) is 41.4. The van der Waals surface area contributed by atoms with Crippen molar-refractivity contribution in [2.45, 2.75) is 45.3 Å². The fraction of sp³-hybridized carbons (Fsp3) is 0.276. The molecule has 3 aromatic carbocycles. The second-order valence-electron chi connectivity index (χ2n) is 9.76. The number of benzene rings is 3. The number of hydrogen-bond acceptors (Lipinski definition) is 7. The minimum absolute atomic E-state index is 0.0289. The number of carbonyl (C=O) groups is 3. The van der Waals surface area contributed by atoms with Crippen LogP contribution in [-0.4, -0.2) is 50.5 Å². The number of phenolic OH excluding ortho intramolecular Hbond substituents is 1. The number of nitrogens with one attached hydrogen (secondary N) is 1. The van der Waals surface area contributed by atoms with E-state index in [1.807, 2.05) is 39.0 Å². The molecule has 4 aromatic rings. The molecule has 0 fully saturated rings. The smallest absolute Gasteiger partial charge is 0.337 e. The maximum atomic E-state index is 14.1. The van der Waals surface area contributed by atoms with Crippen LogP contribution in [-0.2, 0) is 20.9 Å². The van der Waals surface area contributed by atoms with Crippen molar-refractivity contribution in [2.24, 2.45) is 0 Å². The number of rotatable bonds is 9. The number of anilines is 1. The Morgan fingerprint density at radius 2 is 1.69 bits per heavy atom. The highest BCUT2D eigenvalue weighted by Gasteiger charge is 2.35. The summed E-state index contributed by atoms with van der Waals surface area (Å²) >= 11 is 0. The van der Waals surface area contributed by atoms with Crippen molar-refractivity contribution in [1.29, 1.82) is 0 Å². The van der Waals surface area contributed by atoms with Crippen LogP contribution in [0.1, 0.15) is 49.2 Å². The molecule has 2 N–H and O–H groups in total. The van der Waals surface area contributed by atoms with E-state index < -0.39 is 29.4 Å². The summed E-state index contributed by atoms with van der Waals surface area (Å²) in [5.74, 6) is -1.33. The van der Waals surface area contributed by atoms with E-state index in [4.69, 9.17) is 4.74 Å². The van der Waals surface area contributed by atoms with Crippen molar-refractivity contribution in [2.75, 3.05) is 12.0 Å². The van der Waals surface area contributed by atoms with Crippen LogP contribution in [0.4, 0.5) is 5.69 Å². The maximum Gasteiger partial charge on any atom is 0.337 e. The summed E-state index contributed by atoms with van der Waals surface area (Å²) in [6.45, 7) is 5.56. The van der Waals surface area contributed by atoms with Gasteiger partial charge < -0.3 is 15.2 Å². The molecule has 202 valence electrons. The SMILES string of the molecule is CCC(C)(C)NC(=O)[C@H](c1ccc(O)cc1)N(C(=O)Cn1nnc2ccccc21)c1ccc(C(=O)OC)cc1. The molecule has 0 spiro atoms. The highest BCUT2D eigenvalue weighted by Crippen LogP contribution is 2.31. The molecule has 0 bridgehead atoms. The van der Waals surface area contributed by atoms with Crippen LogP contribution in [0, 0.1) is 0 Å². The molecule has 1 atom stereocenters. The second-order valence-corrected chi connectivity index (χ2v) is 9.76. The fourth-order valence-electron chi connectivity index (χ4n) is 4.12. The van der Waals surface area contributed by atoms with Crippen LogP contribution in [0.3, 0.4) is 0 Å². The standard InChI is InChI=1S/C29H31N5O5/c1-5-29(2,3)30-27(37)26(19-12-16-22(35)17-13-19)34(21-14-10-20(11-15-21)28(38)39-4)25(36)18-33-24-9-7-6-8-23(24)31-32-33/h6-17,26,35H,5,18H2,1-4H3,(H,30,37)/t26-/m0/s1. The third-order valence-electron chi connectivity index (χ3n) is 6.60. The van der Waals surface area contributed by atoms with Gasteiger partial charge in [0.1, 0.15) is 23.9 Å². The average Bonchev–Trinajstić information content (AvgIpc) is 3.34. The van der Waals surface area contributed by atoms with Crippen LogP contribution >= 0.6 is 0 Å². The number of aromatic nitrogens is 3. The van der Waals surface area contributed by atoms with E-state index in [-0.39, 0.29) is 12.3 Å². The first-order valence-electron chi connectivity index (χ1n) is 12.5. The fourth-order valence-corrected chi connectivity index (χ4v) is 4.12. The Hall–Kier alpha value is -4.73. The van der Waals surface area contributed by atoms with Crippen molar-refractivity contribution < 1.29 is 24.2 Å². The largest absolute Gasteiger partial charge is 0.508 e. The van der Waals surface area contributed by atoms with Gasteiger partial charge in [-0.1, -0.05) is 36.4 Å². The van der Waals surface area contributed by atoms with E-state index in [1.165, 1.54) is 41.0 Å². The van der Waals surface area contributed by atoms with Gasteiger partial charge in [-0.15, -0.1) is 5.10 Å². The van der Waals surface area contributed by atoms with Crippen LogP contribution in [0.5, 0.6) is 5.75 Å². The van der Waals surface area contributed by atoms with Crippen LogP contribution in [0.2, 0.25) is 0 Å². The van der Waals surface area contributed by atoms with Crippen LogP contribution in [0.15, 0.2) is 72.8 Å². The van der Waals surface area contributed by atoms with Gasteiger partial charge in [0.15, 0.2) is 0 Å². The molecular weight excluding hydrogens is 498 g/mol. The molecule has 4 rings (SSSR count). The Morgan fingerprint density at radius 3 is 2.33 bits per heavy atom. The molecule has 0 saturated heterocycles. The van der Waals surface area contributed by atoms with Gasteiger partial charge in [-0.2, -0.15) is 0 Å². The predicted octanol–water partition coefficient (Wildman–Crippen LogP) is 4.00. The van der Waals surface area contributed by atoms with E-state index in [0.717, 1.165) is 0 Å². The molecule has 10 nitrogen and oxygen atoms in total. The normalized spacial score (nSPS) is 12.1. The number of phenols is 1. The van der Waals surface area contributed by atoms with E-state index in [9.17, 15) is 19.5 Å². The summed E-state index contributed by atoms with van der Waals surface area (Å²) in [5, 5.41) is 21.2. The first-order valence-corrected chi connectivity index (χ1v) is 12.5. The van der Waals surface area contributed by atoms with Gasteiger partial charge in [0.25, 0.3) is 0 Å². The maximum absolute atomic E-state index is 14.1. The summed E-state index contributed by atoms with van der Waals surface area (Å²) < 4.78 is 6.28. The number of nitrogens with zero attached hydrogens (tertiary/aromatic N) is 4. The zero-order valence-corrected chi connectivity index (χ0v) is 22.3. The Labute approximate surface area is 226 Å². The minimum atomic E-state index is -1.09. The monoisotopic (exact) mass is 529 g/mol. The lowest BCUT2D eigenvalue weighted by Crippen LogP contribution is -2.51. The molecule has 1 heterocycles. The molecule has 0 unspecified atom stereocenters. The molecular formula is C29H31N5O5. The summed E-state index contributed by atoms with van der Waals surface area (Å²) in [5.41, 5.74) is 1.94. The zero-order chi connectivity index (χ0) is 28.2. The number of carbonyl (C=O) groups excluding carboxylic acids is 3. The molecule has 2 amide bonds. The number of esters is 1. The average molecular weight is 530 g/mol. The Morgan fingerprint density at radius 1 is 1.03 bits per heavy atom. The molecule has 1 aromatic heterocycles. The molecule has 0 radical (unpaired) electrons. The van der Waals surface area contributed by atoms with Gasteiger partial charge in [0.05, 0.1) is 18.2 Å². The number of fused-ring (bicyclic) bond motifs is 1. The number of aromatic hydroxyl groups is 1. The third-order valence-corrected chi connectivity index (χ3v) is 6.60. The summed E-state index contributed by atoms with van der Waals surface area (Å²) in [7, 11) is 1.29. The van der Waals surface area contributed by atoms with Gasteiger partial charge >= 0.3 is 5.97 Å². The van der Waals surface area contributed by atoms with Crippen molar-refractivity contribution in [3.05, 3.63) is 83.9 Å². The van der Waals surface area contributed by atoms with E-state index in [1.54, 1.807) is 30.3 Å². The Kier molecular flexibility index (Phi) is 7.94. The Bertz CT molecular complexity index is 1480. The van der Waals surface area contributed by atoms with E-state index in [2.05, 4.69) is 15.6 Å². The minimum Gasteiger partial charge on any atom is -0.508 e. The van der Waals surface area contributed by atoms with E-state index in [0.29, 0.717) is 34.3 Å². The molecule has 0 aliphatic heterocycles. The lowest BCUT2D eigenvalue weighted by Gasteiger charge is -2.34. The first kappa shape index (κ1) is 27.3. The highest BCUT2D eigenvalue weighted by atomic mass is 16.5. The summed E-state index contributed by atoms with van der Waals surface area (Å²) in [6.07, 6.45) is 0.660. The van der Waals surface area contributed by atoms with Crippen molar-refractivity contribution in [3.63, 3.8) is 0 Å². The third kappa shape index (κ3) is 6.06. The number of para-hydroxylation sites is 1. The van der Waals surface area contributed by atoms with Gasteiger partial charge in [0, 0.05) is 11.2 Å². The number of methoxy groups -OCH3 is 1. The molecule has 0 saturated carbocycles. The van der Waals surface area contributed by atoms with Crippen molar-refractivity contribution in [1.82, 2.24) is 20.3 Å². The van der Waals surface area contributed by atoms with Crippen LogP contribution < -0.4 is 10.2 Å². The topological polar surface area (TPSA) is 127 Å². The lowest BCUT2D eigenvalue weighted by molar-refractivity contribution is -0.128. The predicted molar refractivity (Wildman–Crippen MR) is 146 cm³/mol. The second kappa shape index (κ2) is 11.3.